The minimum atomic E-state index is -0.187. The van der Waals surface area contributed by atoms with Gasteiger partial charge in [-0.3, -0.25) is 4.79 Å². The molecule has 1 atom stereocenters. The fourth-order valence-corrected chi connectivity index (χ4v) is 2.69. The molecule has 0 saturated carbocycles. The summed E-state index contributed by atoms with van der Waals surface area (Å²) >= 11 is 0. The van der Waals surface area contributed by atoms with E-state index in [0.717, 1.165) is 17.1 Å². The molecule has 1 N–H and O–H groups in total. The lowest BCUT2D eigenvalue weighted by atomic mass is 10.1. The summed E-state index contributed by atoms with van der Waals surface area (Å²) < 4.78 is 16.6. The molecule has 5 nitrogen and oxygen atoms in total. The molecule has 116 valence electrons. The van der Waals surface area contributed by atoms with Gasteiger partial charge in [0.05, 0.1) is 11.6 Å². The average molecular weight is 301 g/mol. The van der Waals surface area contributed by atoms with Crippen LogP contribution in [0.3, 0.4) is 0 Å². The molecule has 1 aliphatic rings. The van der Waals surface area contributed by atoms with Crippen molar-refractivity contribution >= 4 is 5.91 Å². The van der Waals surface area contributed by atoms with Gasteiger partial charge in [-0.25, -0.2) is 0 Å². The first kappa shape index (κ1) is 14.5. The number of hydrogen-bond donors (Lipinski definition) is 1. The maximum atomic E-state index is 12.5. The zero-order chi connectivity index (χ0) is 15.7. The third-order valence-corrected chi connectivity index (χ3v) is 3.70. The first-order chi connectivity index (χ1) is 10.6. The lowest BCUT2D eigenvalue weighted by molar-refractivity contribution is 0.0928. The van der Waals surface area contributed by atoms with Gasteiger partial charge in [-0.15, -0.1) is 0 Å². The molecule has 0 radical (unpaired) electrons. The molecule has 1 aliphatic heterocycles. The largest absolute Gasteiger partial charge is 0.486 e. The van der Waals surface area contributed by atoms with E-state index >= 15 is 0 Å². The lowest BCUT2D eigenvalue weighted by Crippen LogP contribution is -2.28. The van der Waals surface area contributed by atoms with E-state index in [9.17, 15) is 4.79 Å². The number of para-hydroxylation sites is 1. The van der Waals surface area contributed by atoms with Crippen LogP contribution in [0.4, 0.5) is 0 Å². The summed E-state index contributed by atoms with van der Waals surface area (Å²) in [5, 5.41) is 2.98. The van der Waals surface area contributed by atoms with E-state index in [0.29, 0.717) is 30.3 Å². The van der Waals surface area contributed by atoms with Gasteiger partial charge in [0, 0.05) is 5.56 Å². The normalized spacial score (nSPS) is 14.5. The summed E-state index contributed by atoms with van der Waals surface area (Å²) in [5.74, 6) is 2.59. The molecular formula is C17H19NO4. The number of rotatable bonds is 3. The fraction of sp³-hybridized carbons (Fsp3) is 0.353. The van der Waals surface area contributed by atoms with Crippen molar-refractivity contribution < 1.29 is 18.7 Å². The smallest absolute Gasteiger partial charge is 0.255 e. The van der Waals surface area contributed by atoms with E-state index < -0.39 is 0 Å². The maximum absolute atomic E-state index is 12.5. The molecule has 1 aromatic carbocycles. The zero-order valence-electron chi connectivity index (χ0n) is 12.9. The van der Waals surface area contributed by atoms with Crippen molar-refractivity contribution in [3.05, 3.63) is 46.9 Å². The Kier molecular flexibility index (Phi) is 3.79. The summed E-state index contributed by atoms with van der Waals surface area (Å²) in [6, 6.07) is 7.13. The minimum Gasteiger partial charge on any atom is -0.486 e. The molecule has 1 unspecified atom stereocenters. The van der Waals surface area contributed by atoms with Crippen molar-refractivity contribution in [2.75, 3.05) is 13.2 Å². The highest BCUT2D eigenvalue weighted by Crippen LogP contribution is 2.34. The highest BCUT2D eigenvalue weighted by atomic mass is 16.6. The number of furan rings is 1. The van der Waals surface area contributed by atoms with Gasteiger partial charge in [-0.1, -0.05) is 6.07 Å². The Hall–Kier alpha value is -2.43. The summed E-state index contributed by atoms with van der Waals surface area (Å²) in [7, 11) is 0. The first-order valence-electron chi connectivity index (χ1n) is 7.32. The average Bonchev–Trinajstić information content (AvgIpc) is 2.85. The molecule has 2 heterocycles. The number of carbonyl (C=O) groups is 1. The Morgan fingerprint density at radius 3 is 2.73 bits per heavy atom. The van der Waals surface area contributed by atoms with Crippen LogP contribution in [-0.4, -0.2) is 19.1 Å². The molecule has 0 aliphatic carbocycles. The minimum absolute atomic E-state index is 0.148. The second-order valence-corrected chi connectivity index (χ2v) is 5.39. The van der Waals surface area contributed by atoms with E-state index in [1.54, 1.807) is 18.2 Å². The van der Waals surface area contributed by atoms with Crippen molar-refractivity contribution in [1.29, 1.82) is 0 Å². The van der Waals surface area contributed by atoms with Crippen LogP contribution in [0.1, 0.15) is 40.4 Å². The van der Waals surface area contributed by atoms with Gasteiger partial charge in [0.25, 0.3) is 5.91 Å². The van der Waals surface area contributed by atoms with E-state index in [1.165, 1.54) is 0 Å². The molecule has 1 amide bonds. The van der Waals surface area contributed by atoms with Crippen LogP contribution in [0, 0.1) is 13.8 Å². The lowest BCUT2D eigenvalue weighted by Gasteiger charge is -2.21. The Morgan fingerprint density at radius 1 is 1.23 bits per heavy atom. The van der Waals surface area contributed by atoms with Crippen molar-refractivity contribution in [3.8, 4) is 11.5 Å². The highest BCUT2D eigenvalue weighted by molar-refractivity contribution is 5.98. The molecule has 5 heteroatoms. The monoisotopic (exact) mass is 301 g/mol. The summed E-state index contributed by atoms with van der Waals surface area (Å²) in [4.78, 5) is 12.5. The van der Waals surface area contributed by atoms with Crippen LogP contribution < -0.4 is 14.8 Å². The second-order valence-electron chi connectivity index (χ2n) is 5.39. The molecule has 1 aromatic heterocycles. The van der Waals surface area contributed by atoms with Gasteiger partial charge < -0.3 is 19.2 Å². The van der Waals surface area contributed by atoms with E-state index in [4.69, 9.17) is 13.9 Å². The third kappa shape index (κ3) is 2.66. The summed E-state index contributed by atoms with van der Waals surface area (Å²) in [6.45, 7) is 6.67. The van der Waals surface area contributed by atoms with Gasteiger partial charge >= 0.3 is 0 Å². The number of aryl methyl sites for hydroxylation is 2. The fourth-order valence-electron chi connectivity index (χ4n) is 2.69. The number of amides is 1. The summed E-state index contributed by atoms with van der Waals surface area (Å²) in [6.07, 6.45) is 0. The number of ether oxygens (including phenoxy) is 2. The molecule has 2 aromatic rings. The SMILES string of the molecule is Cc1cc(C(C)NC(=O)c2cccc3c2OCCO3)c(C)o1. The van der Waals surface area contributed by atoms with Crippen LogP contribution in [0.5, 0.6) is 11.5 Å². The van der Waals surface area contributed by atoms with Gasteiger partial charge in [0.15, 0.2) is 11.5 Å². The number of hydrogen-bond acceptors (Lipinski definition) is 4. The topological polar surface area (TPSA) is 60.7 Å². The van der Waals surface area contributed by atoms with Gasteiger partial charge in [-0.2, -0.15) is 0 Å². The van der Waals surface area contributed by atoms with Crippen molar-refractivity contribution in [2.24, 2.45) is 0 Å². The molecule has 0 saturated heterocycles. The molecule has 0 spiro atoms. The quantitative estimate of drug-likeness (QED) is 0.946. The van der Waals surface area contributed by atoms with Crippen molar-refractivity contribution in [3.63, 3.8) is 0 Å². The predicted octanol–water partition coefficient (Wildman–Crippen LogP) is 3.16. The van der Waals surface area contributed by atoms with Crippen molar-refractivity contribution in [1.82, 2.24) is 5.32 Å². The maximum Gasteiger partial charge on any atom is 0.255 e. The van der Waals surface area contributed by atoms with Gasteiger partial charge in [-0.05, 0) is 39.0 Å². The third-order valence-electron chi connectivity index (χ3n) is 3.70. The van der Waals surface area contributed by atoms with Gasteiger partial charge in [0.2, 0.25) is 0 Å². The Bertz CT molecular complexity index is 705. The van der Waals surface area contributed by atoms with E-state index in [2.05, 4.69) is 5.32 Å². The Morgan fingerprint density at radius 2 is 2.00 bits per heavy atom. The van der Waals surface area contributed by atoms with Gasteiger partial charge in [0.1, 0.15) is 24.7 Å². The molecule has 3 rings (SSSR count). The standard InChI is InChI=1S/C17H19NO4/c1-10-9-14(12(3)22-10)11(2)18-17(19)13-5-4-6-15-16(13)21-8-7-20-15/h4-6,9,11H,7-8H2,1-3H3,(H,18,19). The molecule has 0 bridgehead atoms. The number of benzene rings is 1. The number of fused-ring (bicyclic) bond motifs is 1. The molecular weight excluding hydrogens is 282 g/mol. The van der Waals surface area contributed by atoms with Crippen LogP contribution in [-0.2, 0) is 0 Å². The molecule has 22 heavy (non-hydrogen) atoms. The van der Waals surface area contributed by atoms with Crippen LogP contribution in [0.2, 0.25) is 0 Å². The van der Waals surface area contributed by atoms with E-state index in [1.807, 2.05) is 26.8 Å². The second kappa shape index (κ2) is 5.75. The Labute approximate surface area is 129 Å². The van der Waals surface area contributed by atoms with Crippen LogP contribution >= 0.6 is 0 Å². The van der Waals surface area contributed by atoms with E-state index in [-0.39, 0.29) is 11.9 Å². The Balaban J connectivity index is 1.82. The predicted molar refractivity (Wildman–Crippen MR) is 81.5 cm³/mol. The zero-order valence-corrected chi connectivity index (χ0v) is 12.9. The van der Waals surface area contributed by atoms with Crippen LogP contribution in [0.15, 0.2) is 28.7 Å². The van der Waals surface area contributed by atoms with Crippen LogP contribution in [0.25, 0.3) is 0 Å². The highest BCUT2D eigenvalue weighted by Gasteiger charge is 2.22. The molecule has 0 fully saturated rings. The number of nitrogens with one attached hydrogen (secondary N) is 1. The van der Waals surface area contributed by atoms with Crippen molar-refractivity contribution in [2.45, 2.75) is 26.8 Å². The first-order valence-corrected chi connectivity index (χ1v) is 7.32. The summed E-state index contributed by atoms with van der Waals surface area (Å²) in [5.41, 5.74) is 1.47. The number of carbonyl (C=O) groups excluding carboxylic acids is 1.